The molecule has 5 heteroatoms. The summed E-state index contributed by atoms with van der Waals surface area (Å²) < 4.78 is 12.2. The van der Waals surface area contributed by atoms with Crippen LogP contribution in [0.5, 0.6) is 17.2 Å². The molecular formula is C30H33ClN2O2. The Balaban J connectivity index is 1.56. The molecule has 3 aromatic carbocycles. The number of alkyl halides is 1. The van der Waals surface area contributed by atoms with Gasteiger partial charge in [-0.15, -0.1) is 11.6 Å². The lowest BCUT2D eigenvalue weighted by molar-refractivity contribution is 0.340. The Hall–Kier alpha value is -3.24. The lowest BCUT2D eigenvalue weighted by Gasteiger charge is -2.19. The molecule has 4 aromatic rings. The second-order valence-corrected chi connectivity index (χ2v) is 10.1. The van der Waals surface area contributed by atoms with Crippen molar-refractivity contribution in [2.75, 3.05) is 17.8 Å². The van der Waals surface area contributed by atoms with E-state index in [1.165, 1.54) is 5.56 Å². The number of pyridine rings is 1. The van der Waals surface area contributed by atoms with Gasteiger partial charge in [0.15, 0.2) is 0 Å². The van der Waals surface area contributed by atoms with Gasteiger partial charge in [-0.25, -0.2) is 0 Å². The molecule has 4 nitrogen and oxygen atoms in total. The quantitative estimate of drug-likeness (QED) is 0.252. The molecule has 0 saturated carbocycles. The summed E-state index contributed by atoms with van der Waals surface area (Å²) >= 11 is 5.81. The van der Waals surface area contributed by atoms with Crippen LogP contribution in [0.15, 0.2) is 66.9 Å². The lowest BCUT2D eigenvalue weighted by atomic mass is 9.87. The number of rotatable bonds is 8. The predicted octanol–water partition coefficient (Wildman–Crippen LogP) is 8.56. The van der Waals surface area contributed by atoms with Gasteiger partial charge in [-0.1, -0.05) is 39.8 Å². The number of aromatic nitrogens is 1. The summed E-state index contributed by atoms with van der Waals surface area (Å²) in [6.45, 7) is 11.3. The van der Waals surface area contributed by atoms with Crippen molar-refractivity contribution in [1.29, 1.82) is 0 Å². The fourth-order valence-corrected chi connectivity index (χ4v) is 4.10. The minimum atomic E-state index is 0.141. The van der Waals surface area contributed by atoms with Gasteiger partial charge >= 0.3 is 0 Å². The number of anilines is 2. The number of aryl methyl sites for hydroxylation is 2. The van der Waals surface area contributed by atoms with E-state index in [0.29, 0.717) is 12.5 Å². The van der Waals surface area contributed by atoms with Crippen LogP contribution in [0.2, 0.25) is 0 Å². The summed E-state index contributed by atoms with van der Waals surface area (Å²) in [7, 11) is 0. The van der Waals surface area contributed by atoms with Crippen LogP contribution in [0.25, 0.3) is 10.9 Å². The van der Waals surface area contributed by atoms with Crippen LogP contribution < -0.4 is 14.8 Å². The van der Waals surface area contributed by atoms with E-state index < -0.39 is 0 Å². The maximum atomic E-state index is 6.37. The predicted molar refractivity (Wildman–Crippen MR) is 147 cm³/mol. The van der Waals surface area contributed by atoms with Gasteiger partial charge in [0.05, 0.1) is 11.4 Å². The second-order valence-electron chi connectivity index (χ2n) is 9.71. The van der Waals surface area contributed by atoms with Gasteiger partial charge in [-0.3, -0.25) is 4.98 Å². The molecule has 182 valence electrons. The molecule has 0 radical (unpaired) electrons. The van der Waals surface area contributed by atoms with Gasteiger partial charge in [0, 0.05) is 29.0 Å². The molecule has 1 aromatic heterocycles. The Morgan fingerprint density at radius 1 is 0.886 bits per heavy atom. The highest BCUT2D eigenvalue weighted by atomic mass is 35.5. The third-order valence-electron chi connectivity index (χ3n) is 6.03. The summed E-state index contributed by atoms with van der Waals surface area (Å²) in [6, 6.07) is 20.7. The van der Waals surface area contributed by atoms with Crippen LogP contribution in [0.1, 0.15) is 44.4 Å². The first-order valence-corrected chi connectivity index (χ1v) is 12.6. The fraction of sp³-hybridized carbons (Fsp3) is 0.300. The van der Waals surface area contributed by atoms with Crippen molar-refractivity contribution in [3.05, 3.63) is 83.6 Å². The number of nitrogens with zero attached hydrogens (tertiary/aromatic N) is 1. The van der Waals surface area contributed by atoms with E-state index >= 15 is 0 Å². The van der Waals surface area contributed by atoms with E-state index in [2.05, 4.69) is 81.3 Å². The highest BCUT2D eigenvalue weighted by molar-refractivity contribution is 6.18. The minimum Gasteiger partial charge on any atom is -0.492 e. The second kappa shape index (κ2) is 10.6. The first kappa shape index (κ1) is 24.9. The molecule has 0 bridgehead atoms. The average Bonchev–Trinajstić information content (AvgIpc) is 2.83. The maximum Gasteiger partial charge on any atom is 0.138 e. The normalized spacial score (nSPS) is 11.5. The van der Waals surface area contributed by atoms with Crippen molar-refractivity contribution in [3.63, 3.8) is 0 Å². The van der Waals surface area contributed by atoms with Gasteiger partial charge in [0.25, 0.3) is 0 Å². The van der Waals surface area contributed by atoms with Crippen LogP contribution in [-0.4, -0.2) is 17.5 Å². The zero-order valence-corrected chi connectivity index (χ0v) is 21.9. The summed E-state index contributed by atoms with van der Waals surface area (Å²) in [4.78, 5) is 4.53. The molecule has 0 aliphatic rings. The van der Waals surface area contributed by atoms with Crippen LogP contribution in [0.4, 0.5) is 11.4 Å². The van der Waals surface area contributed by atoms with E-state index in [4.69, 9.17) is 21.1 Å². The molecule has 1 heterocycles. The van der Waals surface area contributed by atoms with E-state index in [0.717, 1.165) is 57.1 Å². The number of hydrogen-bond acceptors (Lipinski definition) is 4. The van der Waals surface area contributed by atoms with Crippen molar-refractivity contribution in [1.82, 2.24) is 4.98 Å². The number of ether oxygens (including phenoxy) is 2. The molecule has 35 heavy (non-hydrogen) atoms. The van der Waals surface area contributed by atoms with Crippen molar-refractivity contribution in [2.45, 2.75) is 46.5 Å². The van der Waals surface area contributed by atoms with Gasteiger partial charge in [-0.05, 0) is 77.9 Å². The number of fused-ring (bicyclic) bond motifs is 1. The van der Waals surface area contributed by atoms with Crippen molar-refractivity contribution in [3.8, 4) is 17.2 Å². The van der Waals surface area contributed by atoms with Crippen molar-refractivity contribution < 1.29 is 9.47 Å². The van der Waals surface area contributed by atoms with E-state index in [-0.39, 0.29) is 5.41 Å². The zero-order valence-electron chi connectivity index (χ0n) is 21.1. The molecule has 0 spiro atoms. The summed E-state index contributed by atoms with van der Waals surface area (Å²) in [5.74, 6) is 2.86. The first-order chi connectivity index (χ1) is 16.8. The smallest absolute Gasteiger partial charge is 0.138 e. The van der Waals surface area contributed by atoms with Crippen LogP contribution in [0.3, 0.4) is 0 Å². The third-order valence-corrected chi connectivity index (χ3v) is 6.19. The summed E-state index contributed by atoms with van der Waals surface area (Å²) in [5.41, 5.74) is 6.52. The van der Waals surface area contributed by atoms with E-state index in [9.17, 15) is 0 Å². The fourth-order valence-electron chi connectivity index (χ4n) is 4.02. The zero-order chi connectivity index (χ0) is 25.0. The van der Waals surface area contributed by atoms with Crippen LogP contribution in [0, 0.1) is 6.92 Å². The monoisotopic (exact) mass is 488 g/mol. The molecule has 0 fully saturated rings. The van der Waals surface area contributed by atoms with Crippen molar-refractivity contribution >= 4 is 33.9 Å². The number of hydrogen-bond donors (Lipinski definition) is 1. The van der Waals surface area contributed by atoms with E-state index in [1.807, 2.05) is 24.3 Å². The molecule has 1 N–H and O–H groups in total. The summed E-state index contributed by atoms with van der Waals surface area (Å²) in [6.07, 6.45) is 2.61. The molecule has 0 aliphatic carbocycles. The average molecular weight is 489 g/mol. The summed E-state index contributed by atoms with van der Waals surface area (Å²) in [5, 5.41) is 4.45. The van der Waals surface area contributed by atoms with Crippen LogP contribution in [-0.2, 0) is 11.8 Å². The highest BCUT2D eigenvalue weighted by Gasteiger charge is 2.14. The van der Waals surface area contributed by atoms with Gasteiger partial charge in [0.2, 0.25) is 0 Å². The Morgan fingerprint density at radius 3 is 2.29 bits per heavy atom. The molecule has 0 unspecified atom stereocenters. The molecular weight excluding hydrogens is 456 g/mol. The number of halogens is 1. The van der Waals surface area contributed by atoms with Crippen LogP contribution >= 0.6 is 11.6 Å². The SMILES string of the molecule is CCc1cc2c(Oc3ccc(Nc4ccc(C(C)(C)C)cc4)cc3C)ccnc2cc1OCCCl. The van der Waals surface area contributed by atoms with Gasteiger partial charge in [0.1, 0.15) is 23.9 Å². The Bertz CT molecular complexity index is 1310. The topological polar surface area (TPSA) is 43.4 Å². The molecule has 0 saturated heterocycles. The Labute approximate surface area is 213 Å². The maximum absolute atomic E-state index is 6.37. The minimum absolute atomic E-state index is 0.141. The third kappa shape index (κ3) is 5.88. The standard InChI is InChI=1S/C30H33ClN2O2/c1-6-21-18-25-26(19-29(21)34-16-14-31)32-15-13-28(25)35-27-12-11-24(17-20(27)2)33-23-9-7-22(8-10-23)30(3,4)5/h7-13,15,17-19,33H,6,14,16H2,1-5H3. The molecule has 0 aliphatic heterocycles. The molecule has 0 amide bonds. The lowest BCUT2D eigenvalue weighted by Crippen LogP contribution is -2.10. The largest absolute Gasteiger partial charge is 0.492 e. The first-order valence-electron chi connectivity index (χ1n) is 12.0. The highest BCUT2D eigenvalue weighted by Crippen LogP contribution is 2.35. The van der Waals surface area contributed by atoms with E-state index in [1.54, 1.807) is 6.20 Å². The molecule has 0 atom stereocenters. The van der Waals surface area contributed by atoms with Gasteiger partial charge < -0.3 is 14.8 Å². The Morgan fingerprint density at radius 2 is 1.63 bits per heavy atom. The van der Waals surface area contributed by atoms with Gasteiger partial charge in [-0.2, -0.15) is 0 Å². The number of nitrogens with one attached hydrogen (secondary N) is 1. The molecule has 4 rings (SSSR count). The van der Waals surface area contributed by atoms with Crippen molar-refractivity contribution in [2.24, 2.45) is 0 Å². The Kier molecular flexibility index (Phi) is 7.51. The number of benzene rings is 3.